The molecule has 1 atom stereocenters. The number of amides is 2. The zero-order chi connectivity index (χ0) is 37.4. The summed E-state index contributed by atoms with van der Waals surface area (Å²) in [6.45, 7) is 3.56. The van der Waals surface area contributed by atoms with E-state index < -0.39 is 41.7 Å². The lowest BCUT2D eigenvalue weighted by Crippen LogP contribution is -2.62. The number of allylic oxidation sites excluding steroid dienone is 4. The van der Waals surface area contributed by atoms with Crippen LogP contribution in [0.1, 0.15) is 206 Å². The predicted molar refractivity (Wildman–Crippen MR) is 207 cm³/mol. The lowest BCUT2D eigenvalue weighted by atomic mass is 9.82. The van der Waals surface area contributed by atoms with Crippen LogP contribution in [0.4, 0.5) is 0 Å². The summed E-state index contributed by atoms with van der Waals surface area (Å²) >= 11 is 0. The molecule has 8 nitrogen and oxygen atoms in total. The number of carbonyl (C=O) groups is 4. The summed E-state index contributed by atoms with van der Waals surface area (Å²) in [5.41, 5.74) is -2.48. The van der Waals surface area contributed by atoms with E-state index in [1.54, 1.807) is 0 Å². The van der Waals surface area contributed by atoms with Crippen molar-refractivity contribution in [1.82, 2.24) is 5.06 Å². The van der Waals surface area contributed by atoms with E-state index in [4.69, 9.17) is 4.84 Å². The molecular weight excluding hydrogens is 642 g/mol. The molecule has 0 aromatic carbocycles. The van der Waals surface area contributed by atoms with Gasteiger partial charge in [0.25, 0.3) is 11.8 Å². The molecule has 0 aliphatic carbocycles. The van der Waals surface area contributed by atoms with E-state index in [9.17, 15) is 29.4 Å². The molecule has 1 heterocycles. The summed E-state index contributed by atoms with van der Waals surface area (Å²) in [7, 11) is 0. The summed E-state index contributed by atoms with van der Waals surface area (Å²) in [6, 6.07) is 0. The molecular formula is C43H75NO7. The van der Waals surface area contributed by atoms with Gasteiger partial charge in [0.2, 0.25) is 5.60 Å². The van der Waals surface area contributed by atoms with E-state index in [-0.39, 0.29) is 25.7 Å². The van der Waals surface area contributed by atoms with E-state index in [1.165, 1.54) is 77.0 Å². The summed E-state index contributed by atoms with van der Waals surface area (Å²) in [5.74, 6) is -2.69. The number of Topliss-reactive ketones (excluding diaryl/α,β-unsaturated/α-hetero) is 2. The van der Waals surface area contributed by atoms with Crippen LogP contribution in [0.5, 0.6) is 0 Å². The van der Waals surface area contributed by atoms with Crippen LogP contribution in [-0.4, -0.2) is 57.0 Å². The minimum Gasteiger partial charge on any atom is -0.394 e. The van der Waals surface area contributed by atoms with Crippen LogP contribution < -0.4 is 0 Å². The number of imide groups is 1. The second-order valence-corrected chi connectivity index (χ2v) is 14.6. The SMILES string of the molecule is CCCCCCCC/C=C\CCCCCCCC(=O)C(ON1C(=O)CCC1=O)(C(=O)CCCCCCC/C=C\CCCCCCCC)C(O)CO. The van der Waals surface area contributed by atoms with Crippen LogP contribution in [-0.2, 0) is 24.0 Å². The predicted octanol–water partition coefficient (Wildman–Crippen LogP) is 10.4. The normalized spacial score (nSPS) is 14.5. The average molecular weight is 718 g/mol. The van der Waals surface area contributed by atoms with Crippen molar-refractivity contribution in [2.24, 2.45) is 0 Å². The Balaban J connectivity index is 2.52. The third kappa shape index (κ3) is 20.6. The van der Waals surface area contributed by atoms with E-state index in [0.717, 1.165) is 77.0 Å². The Labute approximate surface area is 311 Å². The fourth-order valence-corrected chi connectivity index (χ4v) is 6.70. The second-order valence-electron chi connectivity index (χ2n) is 14.6. The van der Waals surface area contributed by atoms with Gasteiger partial charge in [-0.25, -0.2) is 4.84 Å². The second kappa shape index (κ2) is 31.4. The van der Waals surface area contributed by atoms with Gasteiger partial charge in [-0.3, -0.25) is 19.2 Å². The monoisotopic (exact) mass is 718 g/mol. The third-order valence-corrected chi connectivity index (χ3v) is 10.0. The van der Waals surface area contributed by atoms with E-state index in [1.807, 2.05) is 0 Å². The highest BCUT2D eigenvalue weighted by Gasteiger charge is 2.55. The Bertz CT molecular complexity index is 923. The lowest BCUT2D eigenvalue weighted by Gasteiger charge is -2.36. The fourth-order valence-electron chi connectivity index (χ4n) is 6.70. The van der Waals surface area contributed by atoms with Crippen molar-refractivity contribution in [1.29, 1.82) is 0 Å². The molecule has 2 N–H and O–H groups in total. The number of hydrogen-bond acceptors (Lipinski definition) is 7. The van der Waals surface area contributed by atoms with Gasteiger partial charge < -0.3 is 10.2 Å². The van der Waals surface area contributed by atoms with Gasteiger partial charge in [0, 0.05) is 25.7 Å². The van der Waals surface area contributed by atoms with Gasteiger partial charge in [-0.15, -0.1) is 0 Å². The first-order valence-corrected chi connectivity index (χ1v) is 21.0. The van der Waals surface area contributed by atoms with Crippen LogP contribution in [0.3, 0.4) is 0 Å². The topological polar surface area (TPSA) is 121 Å². The van der Waals surface area contributed by atoms with E-state index >= 15 is 0 Å². The lowest BCUT2D eigenvalue weighted by molar-refractivity contribution is -0.244. The van der Waals surface area contributed by atoms with Gasteiger partial charge in [0.15, 0.2) is 11.6 Å². The van der Waals surface area contributed by atoms with Crippen molar-refractivity contribution in [3.63, 3.8) is 0 Å². The zero-order valence-corrected chi connectivity index (χ0v) is 32.7. The minimum absolute atomic E-state index is 0.0520. The van der Waals surface area contributed by atoms with Crippen LogP contribution in [0, 0.1) is 0 Å². The van der Waals surface area contributed by atoms with E-state index in [0.29, 0.717) is 17.9 Å². The van der Waals surface area contributed by atoms with Crippen molar-refractivity contribution < 1.29 is 34.2 Å². The number of hydrogen-bond donors (Lipinski definition) is 2. The van der Waals surface area contributed by atoms with Gasteiger partial charge in [-0.1, -0.05) is 141 Å². The summed E-state index contributed by atoms with van der Waals surface area (Å²) in [5, 5.41) is 21.3. The Morgan fingerprint density at radius 3 is 1.24 bits per heavy atom. The third-order valence-electron chi connectivity index (χ3n) is 10.0. The van der Waals surface area contributed by atoms with Crippen LogP contribution >= 0.6 is 0 Å². The smallest absolute Gasteiger partial charge is 0.254 e. The summed E-state index contributed by atoms with van der Waals surface area (Å²) < 4.78 is 0. The molecule has 0 aromatic rings. The molecule has 0 bridgehead atoms. The van der Waals surface area contributed by atoms with Gasteiger partial charge in [-0.05, 0) is 64.2 Å². The van der Waals surface area contributed by atoms with Crippen molar-refractivity contribution in [2.45, 2.75) is 218 Å². The quantitative estimate of drug-likeness (QED) is 0.0286. The number of ketones is 2. The largest absolute Gasteiger partial charge is 0.394 e. The molecule has 1 fully saturated rings. The zero-order valence-electron chi connectivity index (χ0n) is 32.7. The first-order chi connectivity index (χ1) is 24.8. The first-order valence-electron chi connectivity index (χ1n) is 21.0. The van der Waals surface area contributed by atoms with Gasteiger partial charge in [-0.2, -0.15) is 5.06 Å². The number of carbonyl (C=O) groups excluding carboxylic acids is 4. The standard InChI is InChI=1S/C43H75NO7/c1-3-5-7-9-11-13-15-17-19-21-23-25-27-29-31-33-38(46)43(40(48)37-45,51-44-41(49)35-36-42(44)50)39(47)34-32-30-28-26-24-22-20-18-16-14-12-10-8-6-4-2/h17-20,40,45,48H,3-16,21-37H2,1-2H3/b19-17-,20-18-. The molecule has 0 saturated carbocycles. The van der Waals surface area contributed by atoms with Crippen molar-refractivity contribution in [3.8, 4) is 0 Å². The maximum absolute atomic E-state index is 13.7. The van der Waals surface area contributed by atoms with Crippen molar-refractivity contribution in [2.75, 3.05) is 6.61 Å². The number of nitrogens with zero attached hydrogens (tertiary/aromatic N) is 1. The molecule has 1 saturated heterocycles. The number of hydroxylamine groups is 2. The Morgan fingerprint density at radius 2 is 0.902 bits per heavy atom. The molecule has 2 amide bonds. The molecule has 51 heavy (non-hydrogen) atoms. The molecule has 1 rings (SSSR count). The molecule has 1 aliphatic heterocycles. The Hall–Kier alpha value is -2.16. The number of aliphatic hydroxyl groups excluding tert-OH is 2. The highest BCUT2D eigenvalue weighted by atomic mass is 16.7. The van der Waals surface area contributed by atoms with Crippen LogP contribution in [0.2, 0.25) is 0 Å². The maximum atomic E-state index is 13.7. The molecule has 0 spiro atoms. The molecule has 0 radical (unpaired) electrons. The molecule has 8 heteroatoms. The first kappa shape index (κ1) is 46.9. The maximum Gasteiger partial charge on any atom is 0.254 e. The molecule has 294 valence electrons. The van der Waals surface area contributed by atoms with E-state index in [2.05, 4.69) is 38.2 Å². The van der Waals surface area contributed by atoms with Gasteiger partial charge in [0.05, 0.1) is 6.61 Å². The van der Waals surface area contributed by atoms with Crippen molar-refractivity contribution in [3.05, 3.63) is 24.3 Å². The molecule has 0 aromatic heterocycles. The number of aliphatic hydroxyl groups is 2. The average Bonchev–Trinajstić information content (AvgIpc) is 3.45. The van der Waals surface area contributed by atoms with Gasteiger partial charge in [0.1, 0.15) is 6.10 Å². The summed E-state index contributed by atoms with van der Waals surface area (Å²) in [6.07, 6.45) is 35.5. The summed E-state index contributed by atoms with van der Waals surface area (Å²) in [4.78, 5) is 58.0. The highest BCUT2D eigenvalue weighted by molar-refractivity contribution is 6.12. The number of unbranched alkanes of at least 4 members (excludes halogenated alkanes) is 22. The number of rotatable bonds is 36. The fraction of sp³-hybridized carbons (Fsp3) is 0.814. The Morgan fingerprint density at radius 1 is 0.588 bits per heavy atom. The van der Waals surface area contributed by atoms with Crippen LogP contribution in [0.25, 0.3) is 0 Å². The highest BCUT2D eigenvalue weighted by Crippen LogP contribution is 2.30. The van der Waals surface area contributed by atoms with Crippen molar-refractivity contribution >= 4 is 23.4 Å². The Kier molecular flexibility index (Phi) is 28.8. The minimum atomic E-state index is -2.48. The van der Waals surface area contributed by atoms with Gasteiger partial charge >= 0.3 is 0 Å². The molecule has 1 aliphatic rings. The van der Waals surface area contributed by atoms with Crippen LogP contribution in [0.15, 0.2) is 24.3 Å². The molecule has 1 unspecified atom stereocenters.